The van der Waals surface area contributed by atoms with Gasteiger partial charge < -0.3 is 20.1 Å². The molecule has 0 spiro atoms. The Bertz CT molecular complexity index is 308. The topological polar surface area (TPSA) is 44.7 Å². The Labute approximate surface area is 130 Å². The van der Waals surface area contributed by atoms with E-state index < -0.39 is 5.60 Å². The van der Waals surface area contributed by atoms with Crippen molar-refractivity contribution in [1.82, 2.24) is 10.2 Å². The Morgan fingerprint density at radius 1 is 1.14 bits per heavy atom. The van der Waals surface area contributed by atoms with E-state index in [9.17, 15) is 5.11 Å². The summed E-state index contributed by atoms with van der Waals surface area (Å²) >= 11 is 0. The van der Waals surface area contributed by atoms with Gasteiger partial charge in [-0.05, 0) is 38.3 Å². The van der Waals surface area contributed by atoms with Gasteiger partial charge in [-0.25, -0.2) is 0 Å². The van der Waals surface area contributed by atoms with E-state index in [0.29, 0.717) is 18.6 Å². The van der Waals surface area contributed by atoms with Gasteiger partial charge in [0.1, 0.15) is 0 Å². The SMILES string of the molecule is CNCC1(CN(C)CC2(O)CCOCC2)CCC(C)CC1. The third kappa shape index (κ3) is 4.92. The molecular formula is C17H34N2O2. The van der Waals surface area contributed by atoms with Gasteiger partial charge in [0.2, 0.25) is 0 Å². The van der Waals surface area contributed by atoms with Crippen LogP contribution in [0.25, 0.3) is 0 Å². The van der Waals surface area contributed by atoms with Gasteiger partial charge in [-0.2, -0.15) is 0 Å². The summed E-state index contributed by atoms with van der Waals surface area (Å²) in [4.78, 5) is 2.36. The van der Waals surface area contributed by atoms with Crippen LogP contribution in [0.5, 0.6) is 0 Å². The number of nitrogens with zero attached hydrogens (tertiary/aromatic N) is 1. The Kier molecular flexibility index (Phi) is 6.06. The van der Waals surface area contributed by atoms with Crippen LogP contribution in [0.15, 0.2) is 0 Å². The number of likely N-dealkylation sites (N-methyl/N-ethyl adjacent to an activating group) is 1. The first-order valence-corrected chi connectivity index (χ1v) is 8.60. The van der Waals surface area contributed by atoms with E-state index in [0.717, 1.165) is 38.4 Å². The third-order valence-electron chi connectivity index (χ3n) is 5.48. The molecule has 0 aromatic carbocycles. The zero-order valence-electron chi connectivity index (χ0n) is 14.2. The maximum absolute atomic E-state index is 10.7. The molecule has 0 amide bonds. The van der Waals surface area contributed by atoms with Crippen LogP contribution >= 0.6 is 0 Å². The first-order valence-electron chi connectivity index (χ1n) is 8.60. The van der Waals surface area contributed by atoms with Gasteiger partial charge in [0.05, 0.1) is 5.60 Å². The molecule has 4 heteroatoms. The first-order chi connectivity index (χ1) is 9.97. The average molecular weight is 298 g/mol. The summed E-state index contributed by atoms with van der Waals surface area (Å²) in [6, 6.07) is 0. The lowest BCUT2D eigenvalue weighted by Crippen LogP contribution is -2.50. The number of nitrogens with one attached hydrogen (secondary N) is 1. The molecular weight excluding hydrogens is 264 g/mol. The normalized spacial score (nSPS) is 33.3. The lowest BCUT2D eigenvalue weighted by Gasteiger charge is -2.44. The molecule has 2 N–H and O–H groups in total. The van der Waals surface area contributed by atoms with Crippen LogP contribution in [0.2, 0.25) is 0 Å². The van der Waals surface area contributed by atoms with Gasteiger partial charge in [-0.1, -0.05) is 19.8 Å². The summed E-state index contributed by atoms with van der Waals surface area (Å²) in [5.74, 6) is 0.875. The van der Waals surface area contributed by atoms with Crippen molar-refractivity contribution in [3.63, 3.8) is 0 Å². The molecule has 2 rings (SSSR count). The molecule has 4 nitrogen and oxygen atoms in total. The van der Waals surface area contributed by atoms with Crippen LogP contribution in [-0.2, 0) is 4.74 Å². The molecule has 1 saturated heterocycles. The van der Waals surface area contributed by atoms with E-state index >= 15 is 0 Å². The predicted molar refractivity (Wildman–Crippen MR) is 86.5 cm³/mol. The van der Waals surface area contributed by atoms with Crippen LogP contribution in [0.1, 0.15) is 45.4 Å². The fraction of sp³-hybridized carbons (Fsp3) is 1.00. The van der Waals surface area contributed by atoms with Crippen molar-refractivity contribution in [2.45, 2.75) is 51.0 Å². The quantitative estimate of drug-likeness (QED) is 0.786. The molecule has 1 saturated carbocycles. The maximum Gasteiger partial charge on any atom is 0.0817 e. The molecule has 124 valence electrons. The molecule has 2 fully saturated rings. The molecule has 2 aliphatic rings. The molecule has 0 aromatic heterocycles. The molecule has 1 heterocycles. The highest BCUT2D eigenvalue weighted by Crippen LogP contribution is 2.39. The highest BCUT2D eigenvalue weighted by molar-refractivity contribution is 4.91. The van der Waals surface area contributed by atoms with E-state index in [2.05, 4.69) is 31.2 Å². The second-order valence-electron chi connectivity index (χ2n) is 7.72. The summed E-state index contributed by atoms with van der Waals surface area (Å²) in [7, 11) is 4.23. The van der Waals surface area contributed by atoms with Gasteiger partial charge in [-0.15, -0.1) is 0 Å². The lowest BCUT2D eigenvalue weighted by molar-refractivity contribution is -0.0816. The zero-order chi connectivity index (χ0) is 15.3. The molecule has 0 unspecified atom stereocenters. The van der Waals surface area contributed by atoms with E-state index in [1.807, 2.05) is 0 Å². The van der Waals surface area contributed by atoms with Crippen molar-refractivity contribution in [1.29, 1.82) is 0 Å². The van der Waals surface area contributed by atoms with Crippen molar-refractivity contribution in [2.75, 3.05) is 46.9 Å². The van der Waals surface area contributed by atoms with Crippen molar-refractivity contribution < 1.29 is 9.84 Å². The summed E-state index contributed by atoms with van der Waals surface area (Å²) in [6.07, 6.45) is 6.84. The summed E-state index contributed by atoms with van der Waals surface area (Å²) in [5.41, 5.74) is -0.159. The molecule has 0 aromatic rings. The number of aliphatic hydroxyl groups is 1. The third-order valence-corrected chi connectivity index (χ3v) is 5.48. The first kappa shape index (κ1) is 17.2. The Morgan fingerprint density at radius 3 is 2.33 bits per heavy atom. The molecule has 0 atom stereocenters. The zero-order valence-corrected chi connectivity index (χ0v) is 14.2. The fourth-order valence-corrected chi connectivity index (χ4v) is 4.18. The smallest absolute Gasteiger partial charge is 0.0817 e. The van der Waals surface area contributed by atoms with Crippen LogP contribution in [0.4, 0.5) is 0 Å². The van der Waals surface area contributed by atoms with Gasteiger partial charge in [0.15, 0.2) is 0 Å². The second-order valence-corrected chi connectivity index (χ2v) is 7.72. The fourth-order valence-electron chi connectivity index (χ4n) is 4.18. The highest BCUT2D eigenvalue weighted by atomic mass is 16.5. The van der Waals surface area contributed by atoms with Gasteiger partial charge in [0, 0.05) is 45.7 Å². The van der Waals surface area contributed by atoms with Crippen molar-refractivity contribution in [3.8, 4) is 0 Å². The minimum Gasteiger partial charge on any atom is -0.388 e. The molecule has 0 bridgehead atoms. The maximum atomic E-state index is 10.7. The highest BCUT2D eigenvalue weighted by Gasteiger charge is 2.37. The Morgan fingerprint density at radius 2 is 1.76 bits per heavy atom. The molecule has 1 aliphatic heterocycles. The van der Waals surface area contributed by atoms with Crippen LogP contribution in [0, 0.1) is 11.3 Å². The van der Waals surface area contributed by atoms with Gasteiger partial charge in [0.25, 0.3) is 0 Å². The Balaban J connectivity index is 1.90. The minimum atomic E-state index is -0.546. The molecule has 1 aliphatic carbocycles. The molecule has 0 radical (unpaired) electrons. The van der Waals surface area contributed by atoms with Gasteiger partial charge in [-0.3, -0.25) is 0 Å². The lowest BCUT2D eigenvalue weighted by atomic mass is 9.70. The van der Waals surface area contributed by atoms with Gasteiger partial charge >= 0.3 is 0 Å². The monoisotopic (exact) mass is 298 g/mol. The van der Waals surface area contributed by atoms with Crippen LogP contribution in [-0.4, -0.2) is 62.6 Å². The van der Waals surface area contributed by atoms with E-state index in [-0.39, 0.29) is 0 Å². The second kappa shape index (κ2) is 7.40. The number of hydrogen-bond donors (Lipinski definition) is 2. The molecule has 21 heavy (non-hydrogen) atoms. The summed E-state index contributed by atoms with van der Waals surface area (Å²) < 4.78 is 5.38. The van der Waals surface area contributed by atoms with E-state index in [1.165, 1.54) is 25.7 Å². The number of ether oxygens (including phenoxy) is 1. The Hall–Kier alpha value is -0.160. The van der Waals surface area contributed by atoms with Crippen LogP contribution in [0.3, 0.4) is 0 Å². The predicted octanol–water partition coefficient (Wildman–Crippen LogP) is 1.88. The standard InChI is InChI=1S/C17H34N2O2/c1-15-4-6-16(7-5-15,12-18-2)13-19(3)14-17(20)8-10-21-11-9-17/h15,18,20H,4-14H2,1-3H3. The van der Waals surface area contributed by atoms with Crippen molar-refractivity contribution in [3.05, 3.63) is 0 Å². The summed E-state index contributed by atoms with van der Waals surface area (Å²) in [6.45, 7) is 6.72. The van der Waals surface area contributed by atoms with Crippen LogP contribution < -0.4 is 5.32 Å². The van der Waals surface area contributed by atoms with Crippen molar-refractivity contribution in [2.24, 2.45) is 11.3 Å². The van der Waals surface area contributed by atoms with E-state index in [4.69, 9.17) is 4.74 Å². The van der Waals surface area contributed by atoms with Crippen molar-refractivity contribution >= 4 is 0 Å². The summed E-state index contributed by atoms with van der Waals surface area (Å²) in [5, 5.41) is 14.1. The van der Waals surface area contributed by atoms with E-state index in [1.54, 1.807) is 0 Å². The average Bonchev–Trinajstić information content (AvgIpc) is 2.42. The number of hydrogen-bond acceptors (Lipinski definition) is 4. The number of rotatable bonds is 6. The largest absolute Gasteiger partial charge is 0.388 e. The minimum absolute atomic E-state index is 0.386.